The van der Waals surface area contributed by atoms with Gasteiger partial charge in [0.05, 0.1) is 11.7 Å². The average Bonchev–Trinajstić information content (AvgIpc) is 2.33. The molecule has 100 valence electrons. The molecule has 0 aliphatic heterocycles. The Hall–Kier alpha value is -1.07. The molecule has 1 unspecified atom stereocenters. The van der Waals surface area contributed by atoms with Crippen LogP contribution < -0.4 is 5.32 Å². The number of hydrogen-bond donors (Lipinski definition) is 2. The predicted molar refractivity (Wildman–Crippen MR) is 81.9 cm³/mol. The number of hydrogen-bond acceptors (Lipinski definition) is 2. The molecule has 1 atom stereocenters. The van der Waals surface area contributed by atoms with Gasteiger partial charge in [0.2, 0.25) is 0 Å². The third-order valence-corrected chi connectivity index (χ3v) is 4.10. The van der Waals surface area contributed by atoms with E-state index in [0.717, 1.165) is 20.7 Å². The second-order valence-corrected chi connectivity index (χ2v) is 5.88. The highest BCUT2D eigenvalue weighted by molar-refractivity contribution is 9.11. The minimum atomic E-state index is -0.428. The van der Waals surface area contributed by atoms with Gasteiger partial charge >= 0.3 is 0 Å². The lowest BCUT2D eigenvalue weighted by Gasteiger charge is -2.18. The van der Waals surface area contributed by atoms with Crippen LogP contribution in [0.25, 0.3) is 0 Å². The Morgan fingerprint density at radius 2 is 1.79 bits per heavy atom. The van der Waals surface area contributed by atoms with Gasteiger partial charge in [-0.2, -0.15) is 0 Å². The minimum absolute atomic E-state index is 0.0736. The van der Waals surface area contributed by atoms with Gasteiger partial charge in [0, 0.05) is 20.6 Å². The highest BCUT2D eigenvalue weighted by atomic mass is 79.9. The Morgan fingerprint density at radius 1 is 1.16 bits per heavy atom. The lowest BCUT2D eigenvalue weighted by atomic mass is 10.1. The van der Waals surface area contributed by atoms with Gasteiger partial charge in [-0.05, 0) is 57.0 Å². The summed E-state index contributed by atoms with van der Waals surface area (Å²) in [5.41, 5.74) is 1.36. The lowest BCUT2D eigenvalue weighted by Crippen LogP contribution is -2.09. The molecule has 2 rings (SSSR count). The molecule has 0 saturated carbocycles. The van der Waals surface area contributed by atoms with Crippen molar-refractivity contribution >= 4 is 37.5 Å². The number of phenolic OH excluding ortho intramolecular Hbond substituents is 1. The molecule has 0 amide bonds. The minimum Gasteiger partial charge on any atom is -0.508 e. The Kier molecular flexibility index (Phi) is 4.47. The van der Waals surface area contributed by atoms with Crippen LogP contribution >= 0.6 is 31.9 Å². The molecule has 19 heavy (non-hydrogen) atoms. The van der Waals surface area contributed by atoms with E-state index in [1.165, 1.54) is 6.07 Å². The summed E-state index contributed by atoms with van der Waals surface area (Å²) in [6.07, 6.45) is 0. The summed E-state index contributed by atoms with van der Waals surface area (Å²) in [4.78, 5) is 0. The molecule has 0 fully saturated rings. The average molecular weight is 389 g/mol. The maximum atomic E-state index is 13.8. The molecule has 0 saturated heterocycles. The van der Waals surface area contributed by atoms with Gasteiger partial charge < -0.3 is 10.4 Å². The van der Waals surface area contributed by atoms with Crippen molar-refractivity contribution in [2.45, 2.75) is 13.0 Å². The smallest absolute Gasteiger partial charge is 0.132 e. The van der Waals surface area contributed by atoms with E-state index in [9.17, 15) is 9.50 Å². The Balaban J connectivity index is 2.28. The Labute approximate surface area is 127 Å². The van der Waals surface area contributed by atoms with Crippen molar-refractivity contribution in [3.63, 3.8) is 0 Å². The molecule has 0 radical (unpaired) electrons. The highest BCUT2D eigenvalue weighted by Crippen LogP contribution is 2.34. The summed E-state index contributed by atoms with van der Waals surface area (Å²) < 4.78 is 15.6. The van der Waals surface area contributed by atoms with Gasteiger partial charge in [-0.3, -0.25) is 0 Å². The van der Waals surface area contributed by atoms with E-state index in [-0.39, 0.29) is 11.8 Å². The maximum absolute atomic E-state index is 13.8. The van der Waals surface area contributed by atoms with E-state index in [1.54, 1.807) is 6.07 Å². The first-order chi connectivity index (χ1) is 8.99. The van der Waals surface area contributed by atoms with Crippen molar-refractivity contribution in [1.82, 2.24) is 0 Å². The molecule has 0 aliphatic rings. The number of aromatic hydroxyl groups is 1. The molecule has 2 N–H and O–H groups in total. The first-order valence-corrected chi connectivity index (χ1v) is 7.26. The van der Waals surface area contributed by atoms with Crippen LogP contribution in [0.5, 0.6) is 5.75 Å². The summed E-state index contributed by atoms with van der Waals surface area (Å²) in [6, 6.07) is 9.67. The molecule has 0 spiro atoms. The third-order valence-electron chi connectivity index (χ3n) is 2.77. The fourth-order valence-corrected chi connectivity index (χ4v) is 3.02. The first-order valence-electron chi connectivity index (χ1n) is 5.68. The topological polar surface area (TPSA) is 32.3 Å². The van der Waals surface area contributed by atoms with Crippen molar-refractivity contribution in [2.24, 2.45) is 0 Å². The van der Waals surface area contributed by atoms with E-state index in [0.29, 0.717) is 5.56 Å². The van der Waals surface area contributed by atoms with Crippen molar-refractivity contribution in [3.05, 3.63) is 56.7 Å². The zero-order chi connectivity index (χ0) is 14.0. The molecule has 5 heteroatoms. The molecule has 0 heterocycles. The van der Waals surface area contributed by atoms with Crippen molar-refractivity contribution in [3.8, 4) is 5.75 Å². The summed E-state index contributed by atoms with van der Waals surface area (Å²) >= 11 is 6.90. The zero-order valence-electron chi connectivity index (χ0n) is 10.1. The normalized spacial score (nSPS) is 12.2. The van der Waals surface area contributed by atoms with Crippen LogP contribution in [0.1, 0.15) is 18.5 Å². The van der Waals surface area contributed by atoms with Crippen LogP contribution in [0.15, 0.2) is 45.3 Å². The molecule has 2 nitrogen and oxygen atoms in total. The fraction of sp³-hybridized carbons (Fsp3) is 0.143. The standard InChI is InChI=1S/C14H12Br2FNO/c1-8(10-6-5-9(19)7-13(10)17)18-14-11(15)3-2-4-12(14)16/h2-8,18-19H,1H3. The molecular weight excluding hydrogens is 377 g/mol. The summed E-state index contributed by atoms with van der Waals surface area (Å²) in [5, 5.41) is 12.5. The van der Waals surface area contributed by atoms with Crippen LogP contribution in [0.2, 0.25) is 0 Å². The fourth-order valence-electron chi connectivity index (χ4n) is 1.80. The van der Waals surface area contributed by atoms with Gasteiger partial charge in [-0.1, -0.05) is 12.1 Å². The largest absolute Gasteiger partial charge is 0.508 e. The summed E-state index contributed by atoms with van der Waals surface area (Å²) in [7, 11) is 0. The number of para-hydroxylation sites is 1. The number of halogens is 3. The van der Waals surface area contributed by atoms with E-state index >= 15 is 0 Å². The number of rotatable bonds is 3. The van der Waals surface area contributed by atoms with E-state index in [2.05, 4.69) is 37.2 Å². The highest BCUT2D eigenvalue weighted by Gasteiger charge is 2.14. The van der Waals surface area contributed by atoms with Gasteiger partial charge in [0.1, 0.15) is 11.6 Å². The molecule has 2 aromatic carbocycles. The van der Waals surface area contributed by atoms with Gasteiger partial charge in [0.25, 0.3) is 0 Å². The Morgan fingerprint density at radius 3 is 2.37 bits per heavy atom. The summed E-state index contributed by atoms with van der Waals surface area (Å²) in [5.74, 6) is -0.501. The molecule has 0 bridgehead atoms. The van der Waals surface area contributed by atoms with Crippen LogP contribution in [0, 0.1) is 5.82 Å². The van der Waals surface area contributed by atoms with Crippen molar-refractivity contribution in [2.75, 3.05) is 5.32 Å². The Bertz CT molecular complexity index is 584. The maximum Gasteiger partial charge on any atom is 0.132 e. The third kappa shape index (κ3) is 3.28. The number of anilines is 1. The van der Waals surface area contributed by atoms with Crippen molar-refractivity contribution < 1.29 is 9.50 Å². The number of benzene rings is 2. The van der Waals surface area contributed by atoms with Gasteiger partial charge in [-0.25, -0.2) is 4.39 Å². The molecule has 0 aliphatic carbocycles. The van der Waals surface area contributed by atoms with E-state index in [1.807, 2.05) is 25.1 Å². The van der Waals surface area contributed by atoms with E-state index < -0.39 is 5.82 Å². The molecular formula is C14H12Br2FNO. The van der Waals surface area contributed by atoms with Crippen LogP contribution in [0.4, 0.5) is 10.1 Å². The second-order valence-electron chi connectivity index (χ2n) is 4.17. The predicted octanol–water partition coefficient (Wildman–Crippen LogP) is 5.23. The molecule has 0 aromatic heterocycles. The second kappa shape index (κ2) is 5.92. The monoisotopic (exact) mass is 387 g/mol. The van der Waals surface area contributed by atoms with Gasteiger partial charge in [-0.15, -0.1) is 0 Å². The van der Waals surface area contributed by atoms with Crippen molar-refractivity contribution in [1.29, 1.82) is 0 Å². The lowest BCUT2D eigenvalue weighted by molar-refractivity contribution is 0.467. The SMILES string of the molecule is CC(Nc1c(Br)cccc1Br)c1ccc(O)cc1F. The zero-order valence-corrected chi connectivity index (χ0v) is 13.3. The molecule has 2 aromatic rings. The van der Waals surface area contributed by atoms with E-state index in [4.69, 9.17) is 0 Å². The summed E-state index contributed by atoms with van der Waals surface area (Å²) in [6.45, 7) is 1.86. The number of nitrogens with one attached hydrogen (secondary N) is 1. The number of phenols is 1. The van der Waals surface area contributed by atoms with Gasteiger partial charge in [0.15, 0.2) is 0 Å². The quantitative estimate of drug-likeness (QED) is 0.754. The van der Waals surface area contributed by atoms with Crippen LogP contribution in [-0.2, 0) is 0 Å². The van der Waals surface area contributed by atoms with Crippen LogP contribution in [0.3, 0.4) is 0 Å². The first kappa shape index (κ1) is 14.3. The van der Waals surface area contributed by atoms with Crippen LogP contribution in [-0.4, -0.2) is 5.11 Å².